The number of rotatable bonds is 24. The summed E-state index contributed by atoms with van der Waals surface area (Å²) in [5, 5.41) is 0. The molecule has 2 nitrogen and oxygen atoms in total. The quantitative estimate of drug-likeness (QED) is 0.0939. The molecule has 0 aliphatic heterocycles. The first kappa shape index (κ1) is 34.7. The summed E-state index contributed by atoms with van der Waals surface area (Å²) >= 11 is 0. The van der Waals surface area contributed by atoms with Crippen molar-refractivity contribution in [2.45, 2.75) is 123 Å². The van der Waals surface area contributed by atoms with Crippen LogP contribution in [0.5, 0.6) is 11.5 Å². The number of hydrogen-bond donors (Lipinski definition) is 0. The molecule has 0 radical (unpaired) electrons. The van der Waals surface area contributed by atoms with Crippen LogP contribution in [0, 0.1) is 11.8 Å². The van der Waals surface area contributed by atoms with E-state index in [1.165, 1.54) is 101 Å². The topological polar surface area (TPSA) is 18.5 Å². The summed E-state index contributed by atoms with van der Waals surface area (Å²) in [4.78, 5) is 0. The van der Waals surface area contributed by atoms with E-state index in [1.807, 2.05) is 0 Å². The molecule has 0 N–H and O–H groups in total. The number of unbranched alkanes of at least 4 members (excludes halogenated alkanes) is 8. The van der Waals surface area contributed by atoms with Crippen LogP contribution >= 0.6 is 0 Å². The van der Waals surface area contributed by atoms with Crippen LogP contribution in [-0.2, 0) is 5.41 Å². The van der Waals surface area contributed by atoms with Crippen molar-refractivity contribution in [3.63, 3.8) is 0 Å². The molecule has 41 heavy (non-hydrogen) atoms. The van der Waals surface area contributed by atoms with Crippen LogP contribution in [0.2, 0.25) is 0 Å². The second-order valence-electron chi connectivity index (χ2n) is 12.7. The summed E-state index contributed by atoms with van der Waals surface area (Å²) in [5.41, 5.74) is 2.80. The van der Waals surface area contributed by atoms with Gasteiger partial charge in [-0.3, -0.25) is 0 Å². The van der Waals surface area contributed by atoms with Gasteiger partial charge in [0, 0.05) is 5.41 Å². The van der Waals surface area contributed by atoms with E-state index in [1.54, 1.807) is 12.2 Å². The van der Waals surface area contributed by atoms with Gasteiger partial charge < -0.3 is 9.47 Å². The largest absolute Gasteiger partial charge is 0.490 e. The Morgan fingerprint density at radius 3 is 1.22 bits per heavy atom. The SMILES string of the molecule is C=CCOc1ccc(C(CCCCCCCC(C)C)(CCCCCCCC(C)C)c2ccc(OCC=C)cc2)cc1. The van der Waals surface area contributed by atoms with Crippen LogP contribution in [0.1, 0.15) is 129 Å². The second-order valence-corrected chi connectivity index (χ2v) is 12.7. The van der Waals surface area contributed by atoms with Gasteiger partial charge in [-0.25, -0.2) is 0 Å². The van der Waals surface area contributed by atoms with Gasteiger partial charge in [-0.2, -0.15) is 0 Å². The Hall–Kier alpha value is -2.48. The van der Waals surface area contributed by atoms with Gasteiger partial charge >= 0.3 is 0 Å². The zero-order chi connectivity index (χ0) is 29.8. The van der Waals surface area contributed by atoms with Crippen LogP contribution in [0.3, 0.4) is 0 Å². The summed E-state index contributed by atoms with van der Waals surface area (Å²) in [6.07, 6.45) is 21.8. The van der Waals surface area contributed by atoms with Crippen molar-refractivity contribution in [2.24, 2.45) is 11.8 Å². The minimum absolute atomic E-state index is 0.0101. The average Bonchev–Trinajstić information content (AvgIpc) is 2.97. The normalized spacial score (nSPS) is 11.7. The molecule has 228 valence electrons. The van der Waals surface area contributed by atoms with E-state index in [4.69, 9.17) is 9.47 Å². The number of hydrogen-bond acceptors (Lipinski definition) is 2. The fraction of sp³-hybridized carbons (Fsp3) is 0.590. The van der Waals surface area contributed by atoms with E-state index in [9.17, 15) is 0 Å². The lowest BCUT2D eigenvalue weighted by molar-refractivity contribution is 0.359. The minimum atomic E-state index is -0.0101. The molecule has 0 bridgehead atoms. The molecule has 0 aliphatic rings. The zero-order valence-electron chi connectivity index (χ0n) is 27.0. The fourth-order valence-corrected chi connectivity index (χ4v) is 5.94. The Kier molecular flexibility index (Phi) is 17.3. The standard InChI is InChI=1S/C39H60O2/c1-7-31-40-37-25-21-35(22-26-37)39(29-17-13-9-11-15-19-33(3)4,30-18-14-10-12-16-20-34(5)6)36-23-27-38(28-24-36)41-32-8-2/h7-8,21-28,33-34H,1-2,9-20,29-32H2,3-6H3. The summed E-state index contributed by atoms with van der Waals surface area (Å²) in [6, 6.07) is 17.8. The van der Waals surface area contributed by atoms with E-state index >= 15 is 0 Å². The van der Waals surface area contributed by atoms with E-state index in [2.05, 4.69) is 89.4 Å². The van der Waals surface area contributed by atoms with Gasteiger partial charge in [0.15, 0.2) is 0 Å². The monoisotopic (exact) mass is 560 g/mol. The maximum Gasteiger partial charge on any atom is 0.119 e. The molecule has 0 saturated carbocycles. The van der Waals surface area contributed by atoms with Crippen molar-refractivity contribution in [3.8, 4) is 11.5 Å². The number of ether oxygens (including phenoxy) is 2. The van der Waals surface area contributed by atoms with Gasteiger partial charge in [-0.1, -0.05) is 154 Å². The third-order valence-corrected chi connectivity index (χ3v) is 8.32. The molecule has 0 atom stereocenters. The van der Waals surface area contributed by atoms with Crippen molar-refractivity contribution < 1.29 is 9.47 Å². The van der Waals surface area contributed by atoms with Crippen molar-refractivity contribution in [2.75, 3.05) is 13.2 Å². The van der Waals surface area contributed by atoms with Gasteiger partial charge in [-0.05, 0) is 60.1 Å². The van der Waals surface area contributed by atoms with Crippen molar-refractivity contribution in [1.29, 1.82) is 0 Å². The van der Waals surface area contributed by atoms with Crippen LogP contribution in [-0.4, -0.2) is 13.2 Å². The third-order valence-electron chi connectivity index (χ3n) is 8.32. The Morgan fingerprint density at radius 1 is 0.537 bits per heavy atom. The van der Waals surface area contributed by atoms with E-state index in [0.717, 1.165) is 23.3 Å². The molecular formula is C39H60O2. The molecule has 0 fully saturated rings. The molecule has 0 aromatic heterocycles. The highest BCUT2D eigenvalue weighted by Crippen LogP contribution is 2.43. The molecule has 0 heterocycles. The van der Waals surface area contributed by atoms with Gasteiger partial charge in [0.05, 0.1) is 0 Å². The summed E-state index contributed by atoms with van der Waals surface area (Å²) in [7, 11) is 0. The smallest absolute Gasteiger partial charge is 0.119 e. The zero-order valence-corrected chi connectivity index (χ0v) is 27.0. The minimum Gasteiger partial charge on any atom is -0.490 e. The lowest BCUT2D eigenvalue weighted by atomic mass is 9.68. The van der Waals surface area contributed by atoms with Gasteiger partial charge in [-0.15, -0.1) is 0 Å². The first-order valence-electron chi connectivity index (χ1n) is 16.6. The molecule has 2 aromatic rings. The summed E-state index contributed by atoms with van der Waals surface area (Å²) in [6.45, 7) is 18.0. The fourth-order valence-electron chi connectivity index (χ4n) is 5.94. The first-order valence-corrected chi connectivity index (χ1v) is 16.6. The Labute approximate surface area is 253 Å². The highest BCUT2D eigenvalue weighted by Gasteiger charge is 2.33. The van der Waals surface area contributed by atoms with Gasteiger partial charge in [0.2, 0.25) is 0 Å². The van der Waals surface area contributed by atoms with Crippen molar-refractivity contribution in [1.82, 2.24) is 0 Å². The van der Waals surface area contributed by atoms with E-state index in [-0.39, 0.29) is 5.41 Å². The van der Waals surface area contributed by atoms with E-state index in [0.29, 0.717) is 13.2 Å². The molecule has 0 unspecified atom stereocenters. The van der Waals surface area contributed by atoms with Crippen LogP contribution in [0.15, 0.2) is 73.8 Å². The Balaban J connectivity index is 2.26. The molecule has 0 saturated heterocycles. The summed E-state index contributed by atoms with van der Waals surface area (Å²) in [5.74, 6) is 3.44. The summed E-state index contributed by atoms with van der Waals surface area (Å²) < 4.78 is 11.7. The van der Waals surface area contributed by atoms with Gasteiger partial charge in [0.1, 0.15) is 24.7 Å². The molecule has 0 spiro atoms. The predicted molar refractivity (Wildman–Crippen MR) is 179 cm³/mol. The maximum atomic E-state index is 5.84. The lowest BCUT2D eigenvalue weighted by Gasteiger charge is -2.36. The second kappa shape index (κ2) is 20.4. The Morgan fingerprint density at radius 2 is 0.878 bits per heavy atom. The molecule has 0 aliphatic carbocycles. The average molecular weight is 561 g/mol. The van der Waals surface area contributed by atoms with Crippen molar-refractivity contribution in [3.05, 3.63) is 85.0 Å². The third kappa shape index (κ3) is 13.4. The molecule has 2 aromatic carbocycles. The first-order chi connectivity index (χ1) is 19.9. The molecule has 2 rings (SSSR count). The maximum absolute atomic E-state index is 5.84. The van der Waals surface area contributed by atoms with E-state index < -0.39 is 0 Å². The highest BCUT2D eigenvalue weighted by molar-refractivity contribution is 5.43. The lowest BCUT2D eigenvalue weighted by Crippen LogP contribution is -2.28. The molecule has 0 amide bonds. The highest BCUT2D eigenvalue weighted by atomic mass is 16.5. The molecular weight excluding hydrogens is 500 g/mol. The molecule has 2 heteroatoms. The van der Waals surface area contributed by atoms with Crippen LogP contribution < -0.4 is 9.47 Å². The van der Waals surface area contributed by atoms with Crippen LogP contribution in [0.4, 0.5) is 0 Å². The van der Waals surface area contributed by atoms with Gasteiger partial charge in [0.25, 0.3) is 0 Å². The number of benzene rings is 2. The Bertz CT molecular complexity index is 859. The van der Waals surface area contributed by atoms with Crippen molar-refractivity contribution >= 4 is 0 Å². The predicted octanol–water partition coefficient (Wildman–Crippen LogP) is 11.9. The van der Waals surface area contributed by atoms with Crippen LogP contribution in [0.25, 0.3) is 0 Å².